The first-order valence-electron chi connectivity index (χ1n) is 11.7. The molecule has 0 aromatic heterocycles. The van der Waals surface area contributed by atoms with Crippen LogP contribution in [-0.2, 0) is 0 Å². The molecule has 3 nitrogen and oxygen atoms in total. The summed E-state index contributed by atoms with van der Waals surface area (Å²) in [6.45, 7) is 9.69. The number of nitrogens with zero attached hydrogens (tertiary/aromatic N) is 3. The van der Waals surface area contributed by atoms with Crippen molar-refractivity contribution in [1.82, 2.24) is 0 Å². The third-order valence-electron chi connectivity index (χ3n) is 6.27. The third kappa shape index (κ3) is 4.34. The fraction of sp³-hybridized carbons (Fsp3) is 0.0303. The molecule has 0 saturated heterocycles. The zero-order valence-corrected chi connectivity index (χ0v) is 19.9. The van der Waals surface area contributed by atoms with Crippen LogP contribution in [0.1, 0.15) is 22.3 Å². The minimum Gasteiger partial charge on any atom is -0.311 e. The van der Waals surface area contributed by atoms with E-state index in [0.29, 0.717) is 11.3 Å². The summed E-state index contributed by atoms with van der Waals surface area (Å²) in [4.78, 5) is 6.03. The summed E-state index contributed by atoms with van der Waals surface area (Å²) in [5.41, 5.74) is 7.25. The topological polar surface area (TPSA) is 31.4 Å². The van der Waals surface area contributed by atoms with E-state index in [1.54, 1.807) is 0 Å². The Morgan fingerprint density at radius 3 is 1.86 bits per heavy atom. The number of nitriles is 1. The van der Waals surface area contributed by atoms with Crippen LogP contribution in [0.25, 0.3) is 27.8 Å². The van der Waals surface area contributed by atoms with Gasteiger partial charge in [-0.2, -0.15) is 5.26 Å². The van der Waals surface area contributed by atoms with E-state index in [4.69, 9.17) is 6.57 Å². The van der Waals surface area contributed by atoms with Gasteiger partial charge in [0.15, 0.2) is 0 Å². The molecule has 170 valence electrons. The smallest absolute Gasteiger partial charge is 0.202 e. The van der Waals surface area contributed by atoms with Crippen LogP contribution < -0.4 is 4.90 Å². The molecule has 0 aliphatic rings. The van der Waals surface area contributed by atoms with Crippen LogP contribution in [0.3, 0.4) is 0 Å². The van der Waals surface area contributed by atoms with Crippen LogP contribution in [0.4, 0.5) is 22.7 Å². The van der Waals surface area contributed by atoms with Gasteiger partial charge in [-0.25, -0.2) is 4.85 Å². The third-order valence-corrected chi connectivity index (χ3v) is 6.27. The van der Waals surface area contributed by atoms with E-state index in [1.165, 1.54) is 0 Å². The highest BCUT2D eigenvalue weighted by atomic mass is 15.1. The van der Waals surface area contributed by atoms with Gasteiger partial charge in [0.2, 0.25) is 5.69 Å². The zero-order chi connectivity index (χ0) is 24.9. The van der Waals surface area contributed by atoms with Crippen molar-refractivity contribution < 1.29 is 0 Å². The normalized spacial score (nSPS) is 10.8. The van der Waals surface area contributed by atoms with E-state index < -0.39 is 0 Å². The Balaban J connectivity index is 1.48. The summed E-state index contributed by atoms with van der Waals surface area (Å²) in [6.07, 6.45) is 3.99. The maximum atomic E-state index is 9.56. The lowest BCUT2D eigenvalue weighted by Gasteiger charge is -2.25. The van der Waals surface area contributed by atoms with E-state index in [1.807, 2.05) is 79.7 Å². The summed E-state index contributed by atoms with van der Waals surface area (Å²) in [5.74, 6) is 0. The van der Waals surface area contributed by atoms with E-state index in [0.717, 1.165) is 44.5 Å². The quantitative estimate of drug-likeness (QED) is 0.193. The molecular formula is C33H23N3. The van der Waals surface area contributed by atoms with Gasteiger partial charge in [-0.15, -0.1) is 0 Å². The number of hydrogen-bond donors (Lipinski definition) is 0. The molecule has 0 N–H and O–H groups in total. The van der Waals surface area contributed by atoms with Crippen molar-refractivity contribution in [1.29, 1.82) is 5.26 Å². The molecule has 0 aliphatic heterocycles. The molecule has 3 heteroatoms. The molecule has 0 radical (unpaired) electrons. The van der Waals surface area contributed by atoms with E-state index >= 15 is 0 Å². The Morgan fingerprint density at radius 1 is 0.694 bits per heavy atom. The van der Waals surface area contributed by atoms with Crippen molar-refractivity contribution in [3.63, 3.8) is 0 Å². The predicted octanol–water partition coefficient (Wildman–Crippen LogP) is 9.21. The maximum Gasteiger partial charge on any atom is 0.202 e. The highest BCUT2D eigenvalue weighted by molar-refractivity contribution is 6.02. The second-order valence-electron chi connectivity index (χ2n) is 8.51. The van der Waals surface area contributed by atoms with Crippen molar-refractivity contribution in [3.05, 3.63) is 143 Å². The van der Waals surface area contributed by atoms with Crippen LogP contribution in [0.15, 0.2) is 109 Å². The first-order chi connectivity index (χ1) is 17.7. The van der Waals surface area contributed by atoms with Crippen molar-refractivity contribution >= 4 is 45.7 Å². The number of anilines is 3. The number of para-hydroxylation sites is 2. The Morgan fingerprint density at radius 2 is 1.28 bits per heavy atom. The van der Waals surface area contributed by atoms with E-state index in [2.05, 4.69) is 64.3 Å². The van der Waals surface area contributed by atoms with Gasteiger partial charge >= 0.3 is 0 Å². The van der Waals surface area contributed by atoms with Crippen molar-refractivity contribution in [3.8, 4) is 6.07 Å². The van der Waals surface area contributed by atoms with Gasteiger partial charge < -0.3 is 4.90 Å². The van der Waals surface area contributed by atoms with Gasteiger partial charge in [-0.3, -0.25) is 0 Å². The summed E-state index contributed by atoms with van der Waals surface area (Å²) in [6, 6.07) is 39.0. The average molecular weight is 462 g/mol. The van der Waals surface area contributed by atoms with Crippen LogP contribution in [0, 0.1) is 24.8 Å². The second-order valence-corrected chi connectivity index (χ2v) is 8.51. The Hall–Kier alpha value is -5.12. The molecule has 0 spiro atoms. The number of hydrogen-bond acceptors (Lipinski definition) is 2. The standard InChI is InChI=1S/C33H23N3/c1-24-13-21-31-30(32(24)23-34)22-18-26(33(31)35-2)17-14-25-15-19-29(20-16-25)36(27-9-5-3-6-10-27)28-11-7-4-8-12-28/h3-22H,1H3. The van der Waals surface area contributed by atoms with Crippen LogP contribution in [-0.4, -0.2) is 0 Å². The highest BCUT2D eigenvalue weighted by Gasteiger charge is 2.12. The minimum absolute atomic E-state index is 0.566. The lowest BCUT2D eigenvalue weighted by atomic mass is 9.96. The van der Waals surface area contributed by atoms with Gasteiger partial charge in [0.1, 0.15) is 0 Å². The summed E-state index contributed by atoms with van der Waals surface area (Å²) < 4.78 is 0. The maximum absolute atomic E-state index is 9.56. The number of benzene rings is 5. The van der Waals surface area contributed by atoms with E-state index in [9.17, 15) is 5.26 Å². The fourth-order valence-corrected chi connectivity index (χ4v) is 4.45. The van der Waals surface area contributed by atoms with Gasteiger partial charge in [-0.1, -0.05) is 84.9 Å². The molecule has 5 aromatic carbocycles. The van der Waals surface area contributed by atoms with E-state index in [-0.39, 0.29) is 0 Å². The van der Waals surface area contributed by atoms with Crippen molar-refractivity contribution in [2.75, 3.05) is 4.90 Å². The monoisotopic (exact) mass is 461 g/mol. The summed E-state index contributed by atoms with van der Waals surface area (Å²) in [5, 5.41) is 11.2. The predicted molar refractivity (Wildman–Crippen MR) is 150 cm³/mol. The van der Waals surface area contributed by atoms with Gasteiger partial charge in [0, 0.05) is 17.1 Å². The Bertz CT molecular complexity index is 1600. The molecule has 0 aliphatic carbocycles. The van der Waals surface area contributed by atoms with Crippen LogP contribution >= 0.6 is 0 Å². The number of fused-ring (bicyclic) bond motifs is 1. The van der Waals surface area contributed by atoms with Crippen LogP contribution in [0.2, 0.25) is 0 Å². The summed E-state index contributed by atoms with van der Waals surface area (Å²) in [7, 11) is 0. The molecular weight excluding hydrogens is 438 g/mol. The van der Waals surface area contributed by atoms with Crippen molar-refractivity contribution in [2.45, 2.75) is 6.92 Å². The molecule has 0 heterocycles. The molecule has 0 unspecified atom stereocenters. The molecule has 0 bridgehead atoms. The summed E-state index contributed by atoms with van der Waals surface area (Å²) >= 11 is 0. The lowest BCUT2D eigenvalue weighted by Crippen LogP contribution is -2.09. The first kappa shape index (κ1) is 22.7. The van der Waals surface area contributed by atoms with Gasteiger partial charge in [0.05, 0.1) is 18.2 Å². The number of aryl methyl sites for hydroxylation is 1. The minimum atomic E-state index is 0.566. The lowest BCUT2D eigenvalue weighted by molar-refractivity contribution is 1.28. The molecule has 36 heavy (non-hydrogen) atoms. The Labute approximate surface area is 211 Å². The number of rotatable bonds is 5. The highest BCUT2D eigenvalue weighted by Crippen LogP contribution is 2.36. The van der Waals surface area contributed by atoms with Crippen molar-refractivity contribution in [2.24, 2.45) is 0 Å². The Kier molecular flexibility index (Phi) is 6.31. The zero-order valence-electron chi connectivity index (χ0n) is 19.9. The molecule has 5 aromatic rings. The van der Waals surface area contributed by atoms with Gasteiger partial charge in [-0.05, 0) is 70.8 Å². The molecule has 0 amide bonds. The molecule has 0 saturated carbocycles. The second kappa shape index (κ2) is 10.0. The molecule has 5 rings (SSSR count). The SMILES string of the molecule is [C-]#[N+]c1c(C=Cc2ccc(N(c3ccccc3)c3ccccc3)cc2)ccc2c(C#N)c(C)ccc12. The fourth-order valence-electron chi connectivity index (χ4n) is 4.45. The molecule has 0 fully saturated rings. The van der Waals surface area contributed by atoms with Crippen LogP contribution in [0.5, 0.6) is 0 Å². The first-order valence-corrected chi connectivity index (χ1v) is 11.7. The van der Waals surface area contributed by atoms with Gasteiger partial charge in [0.25, 0.3) is 0 Å². The molecule has 0 atom stereocenters. The largest absolute Gasteiger partial charge is 0.311 e. The average Bonchev–Trinajstić information content (AvgIpc) is 2.93.